The average Bonchev–Trinajstić information content (AvgIpc) is 2.67. The number of aliphatic hydroxyl groups excluding tert-OH is 1. The summed E-state index contributed by atoms with van der Waals surface area (Å²) in [6.07, 6.45) is 3.51. The highest BCUT2D eigenvalue weighted by atomic mass is 127. The maximum Gasteiger partial charge on any atom is 0.191 e. The summed E-state index contributed by atoms with van der Waals surface area (Å²) in [4.78, 5) is 8.41. The minimum Gasteiger partial charge on any atom is -0.496 e. The molecule has 0 aliphatic rings. The molecule has 1 atom stereocenters. The fourth-order valence-corrected chi connectivity index (χ4v) is 2.44. The van der Waals surface area contributed by atoms with Gasteiger partial charge in [-0.15, -0.1) is 24.0 Å². The minimum atomic E-state index is -0.646. The quantitative estimate of drug-likeness (QED) is 0.314. The van der Waals surface area contributed by atoms with Crippen molar-refractivity contribution < 1.29 is 9.84 Å². The summed E-state index contributed by atoms with van der Waals surface area (Å²) < 4.78 is 5.37. The minimum absolute atomic E-state index is 0. The Balaban J connectivity index is 0.00000338. The number of benzene rings is 1. The second-order valence-electron chi connectivity index (χ2n) is 5.50. The predicted molar refractivity (Wildman–Crippen MR) is 115 cm³/mol. The molecule has 7 heteroatoms. The standard InChI is InChI=1S/C19H26N4O2.HI/c1-3-21-19(23-14-17(24)15-8-11-20-12-9-15)22-13-10-16-6-4-5-7-18(16)25-2;/h4-9,11-12,17,24H,3,10,13-14H2,1-2H3,(H2,21,22,23);1H. The Kier molecular flexibility index (Phi) is 10.6. The SMILES string of the molecule is CCNC(=NCC(O)c1ccncc1)NCCc1ccccc1OC.I. The largest absolute Gasteiger partial charge is 0.496 e. The Morgan fingerprint density at radius 3 is 2.62 bits per heavy atom. The molecule has 0 aliphatic carbocycles. The van der Waals surface area contributed by atoms with Crippen LogP contribution in [0.15, 0.2) is 53.8 Å². The first-order valence-electron chi connectivity index (χ1n) is 8.46. The Bertz CT molecular complexity index is 668. The second-order valence-corrected chi connectivity index (χ2v) is 5.50. The van der Waals surface area contributed by atoms with E-state index < -0.39 is 6.10 Å². The maximum absolute atomic E-state index is 10.2. The van der Waals surface area contributed by atoms with E-state index in [-0.39, 0.29) is 30.5 Å². The molecule has 0 bridgehead atoms. The number of guanidine groups is 1. The van der Waals surface area contributed by atoms with Crippen LogP contribution in [0, 0.1) is 0 Å². The molecule has 1 heterocycles. The van der Waals surface area contributed by atoms with E-state index in [1.807, 2.05) is 25.1 Å². The summed E-state index contributed by atoms with van der Waals surface area (Å²) in [5, 5.41) is 16.7. The number of hydrogen-bond acceptors (Lipinski definition) is 4. The van der Waals surface area contributed by atoms with E-state index in [4.69, 9.17) is 4.74 Å². The first-order chi connectivity index (χ1) is 12.2. The van der Waals surface area contributed by atoms with Gasteiger partial charge in [-0.25, -0.2) is 0 Å². The van der Waals surface area contributed by atoms with Gasteiger partial charge in [0.25, 0.3) is 0 Å². The van der Waals surface area contributed by atoms with Crippen LogP contribution in [-0.2, 0) is 6.42 Å². The van der Waals surface area contributed by atoms with E-state index >= 15 is 0 Å². The highest BCUT2D eigenvalue weighted by molar-refractivity contribution is 14.0. The third-order valence-corrected chi connectivity index (χ3v) is 3.74. The lowest BCUT2D eigenvalue weighted by Crippen LogP contribution is -2.38. The van der Waals surface area contributed by atoms with Gasteiger partial charge in [0.1, 0.15) is 5.75 Å². The number of hydrogen-bond donors (Lipinski definition) is 3. The monoisotopic (exact) mass is 470 g/mol. The van der Waals surface area contributed by atoms with Crippen LogP contribution in [0.4, 0.5) is 0 Å². The zero-order chi connectivity index (χ0) is 17.9. The van der Waals surface area contributed by atoms with Gasteiger partial charge < -0.3 is 20.5 Å². The summed E-state index contributed by atoms with van der Waals surface area (Å²) in [5.74, 6) is 1.57. The number of halogens is 1. The van der Waals surface area contributed by atoms with Gasteiger partial charge in [-0.05, 0) is 42.7 Å². The summed E-state index contributed by atoms with van der Waals surface area (Å²) in [7, 11) is 1.68. The maximum atomic E-state index is 10.2. The third-order valence-electron chi connectivity index (χ3n) is 3.74. The molecule has 0 saturated heterocycles. The van der Waals surface area contributed by atoms with Gasteiger partial charge in [0, 0.05) is 25.5 Å². The molecule has 0 aliphatic heterocycles. The number of nitrogens with zero attached hydrogens (tertiary/aromatic N) is 2. The Morgan fingerprint density at radius 1 is 1.19 bits per heavy atom. The van der Waals surface area contributed by atoms with Gasteiger partial charge in [0.15, 0.2) is 5.96 Å². The van der Waals surface area contributed by atoms with Crippen molar-refractivity contribution in [1.82, 2.24) is 15.6 Å². The number of aromatic nitrogens is 1. The van der Waals surface area contributed by atoms with Crippen LogP contribution < -0.4 is 15.4 Å². The van der Waals surface area contributed by atoms with Gasteiger partial charge in [-0.3, -0.25) is 9.98 Å². The van der Waals surface area contributed by atoms with Gasteiger partial charge in [0.05, 0.1) is 19.8 Å². The van der Waals surface area contributed by atoms with Crippen LogP contribution in [0.5, 0.6) is 5.75 Å². The lowest BCUT2D eigenvalue weighted by Gasteiger charge is -2.14. The van der Waals surface area contributed by atoms with Crippen molar-refractivity contribution in [2.75, 3.05) is 26.7 Å². The van der Waals surface area contributed by atoms with Gasteiger partial charge in [-0.1, -0.05) is 18.2 Å². The first-order valence-corrected chi connectivity index (χ1v) is 8.46. The molecule has 1 aromatic carbocycles. The molecule has 1 aromatic heterocycles. The Hall–Kier alpha value is -1.87. The number of methoxy groups -OCH3 is 1. The molecule has 0 radical (unpaired) electrons. The molecule has 0 spiro atoms. The topological polar surface area (TPSA) is 78.8 Å². The van der Waals surface area contributed by atoms with Crippen molar-refractivity contribution in [2.24, 2.45) is 4.99 Å². The second kappa shape index (κ2) is 12.5. The summed E-state index contributed by atoms with van der Waals surface area (Å²) in [6, 6.07) is 11.6. The van der Waals surface area contributed by atoms with E-state index in [1.54, 1.807) is 31.6 Å². The molecular weight excluding hydrogens is 443 g/mol. The first kappa shape index (κ1) is 22.2. The molecule has 6 nitrogen and oxygen atoms in total. The molecule has 26 heavy (non-hydrogen) atoms. The van der Waals surface area contributed by atoms with Crippen molar-refractivity contribution in [3.05, 3.63) is 59.9 Å². The van der Waals surface area contributed by atoms with Crippen molar-refractivity contribution in [3.63, 3.8) is 0 Å². The summed E-state index contributed by atoms with van der Waals surface area (Å²) >= 11 is 0. The van der Waals surface area contributed by atoms with Crippen LogP contribution in [0.25, 0.3) is 0 Å². The van der Waals surface area contributed by atoms with Gasteiger partial charge >= 0.3 is 0 Å². The normalized spacial score (nSPS) is 12.0. The fourth-order valence-electron chi connectivity index (χ4n) is 2.44. The molecule has 0 saturated carbocycles. The molecule has 1 unspecified atom stereocenters. The third kappa shape index (κ3) is 7.17. The number of rotatable bonds is 8. The molecule has 3 N–H and O–H groups in total. The molecule has 0 amide bonds. The number of nitrogens with one attached hydrogen (secondary N) is 2. The van der Waals surface area contributed by atoms with Crippen molar-refractivity contribution in [1.29, 1.82) is 0 Å². The van der Waals surface area contributed by atoms with E-state index in [0.29, 0.717) is 5.96 Å². The van der Waals surface area contributed by atoms with Crippen molar-refractivity contribution in [2.45, 2.75) is 19.4 Å². The smallest absolute Gasteiger partial charge is 0.191 e. The van der Waals surface area contributed by atoms with E-state index in [0.717, 1.165) is 36.4 Å². The van der Waals surface area contributed by atoms with Crippen LogP contribution in [0.2, 0.25) is 0 Å². The molecular formula is C19H27IN4O2. The van der Waals surface area contributed by atoms with Crippen LogP contribution in [0.3, 0.4) is 0 Å². The van der Waals surface area contributed by atoms with E-state index in [9.17, 15) is 5.11 Å². The average molecular weight is 470 g/mol. The Morgan fingerprint density at radius 2 is 1.92 bits per heavy atom. The zero-order valence-electron chi connectivity index (χ0n) is 15.2. The number of ether oxygens (including phenoxy) is 1. The molecule has 0 fully saturated rings. The summed E-state index contributed by atoms with van der Waals surface area (Å²) in [5.41, 5.74) is 1.95. The predicted octanol–water partition coefficient (Wildman–Crippen LogP) is 2.54. The number of aliphatic imine (C=N–C) groups is 1. The highest BCUT2D eigenvalue weighted by Crippen LogP contribution is 2.17. The van der Waals surface area contributed by atoms with Crippen LogP contribution in [0.1, 0.15) is 24.2 Å². The lowest BCUT2D eigenvalue weighted by molar-refractivity contribution is 0.187. The molecule has 2 rings (SSSR count). The van der Waals surface area contributed by atoms with Gasteiger partial charge in [-0.2, -0.15) is 0 Å². The molecule has 142 valence electrons. The highest BCUT2D eigenvalue weighted by Gasteiger charge is 2.07. The van der Waals surface area contributed by atoms with Crippen LogP contribution in [-0.4, -0.2) is 42.8 Å². The van der Waals surface area contributed by atoms with E-state index in [2.05, 4.69) is 26.7 Å². The zero-order valence-corrected chi connectivity index (χ0v) is 17.5. The lowest BCUT2D eigenvalue weighted by atomic mass is 10.1. The number of para-hydroxylation sites is 1. The molecule has 2 aromatic rings. The summed E-state index contributed by atoms with van der Waals surface area (Å²) in [6.45, 7) is 3.77. The van der Waals surface area contributed by atoms with Gasteiger partial charge in [0.2, 0.25) is 0 Å². The van der Waals surface area contributed by atoms with Crippen LogP contribution >= 0.6 is 24.0 Å². The van der Waals surface area contributed by atoms with E-state index in [1.165, 1.54) is 0 Å². The van der Waals surface area contributed by atoms with Crippen molar-refractivity contribution >= 4 is 29.9 Å². The number of aliphatic hydroxyl groups is 1. The number of pyridine rings is 1. The van der Waals surface area contributed by atoms with Crippen molar-refractivity contribution in [3.8, 4) is 5.75 Å². The Labute approximate surface area is 172 Å². The fraction of sp³-hybridized carbons (Fsp3) is 0.368.